The van der Waals surface area contributed by atoms with Crippen LogP contribution in [0.3, 0.4) is 0 Å². The van der Waals surface area contributed by atoms with Crippen LogP contribution in [-0.2, 0) is 0 Å². The van der Waals surface area contributed by atoms with Crippen LogP contribution in [-0.4, -0.2) is 14.2 Å². The van der Waals surface area contributed by atoms with Crippen molar-refractivity contribution >= 4 is 33.0 Å². The van der Waals surface area contributed by atoms with Gasteiger partial charge in [0.1, 0.15) is 11.5 Å². The molecular weight excluding hydrogens is 308 g/mol. The fourth-order valence-corrected chi connectivity index (χ4v) is 2.20. The molecule has 0 bridgehead atoms. The van der Waals surface area contributed by atoms with Gasteiger partial charge in [-0.2, -0.15) is 0 Å². The van der Waals surface area contributed by atoms with Crippen LogP contribution < -0.4 is 20.5 Å². The Bertz CT molecular complexity index is 536. The number of benzene rings is 2. The minimum absolute atomic E-state index is 0.642. The molecule has 100 valence electrons. The van der Waals surface area contributed by atoms with Crippen LogP contribution in [0.4, 0.5) is 17.1 Å². The fourth-order valence-electron chi connectivity index (χ4n) is 1.73. The van der Waals surface area contributed by atoms with E-state index in [0.717, 1.165) is 21.6 Å². The van der Waals surface area contributed by atoms with E-state index in [2.05, 4.69) is 21.2 Å². The smallest absolute Gasteiger partial charge is 0.122 e. The van der Waals surface area contributed by atoms with Gasteiger partial charge in [-0.05, 0) is 18.2 Å². The largest absolute Gasteiger partial charge is 0.497 e. The zero-order valence-corrected chi connectivity index (χ0v) is 12.3. The molecule has 0 aliphatic heterocycles. The van der Waals surface area contributed by atoms with Gasteiger partial charge in [0.2, 0.25) is 0 Å². The predicted octanol–water partition coefficient (Wildman–Crippen LogP) is 3.79. The van der Waals surface area contributed by atoms with Crippen molar-refractivity contribution in [2.75, 3.05) is 25.3 Å². The van der Waals surface area contributed by atoms with Crippen LogP contribution in [0.5, 0.6) is 11.5 Å². The Hall–Kier alpha value is -1.88. The lowest BCUT2D eigenvalue weighted by molar-refractivity contribution is 0.414. The fraction of sp³-hybridized carbons (Fsp3) is 0.143. The Morgan fingerprint density at radius 3 is 2.11 bits per heavy atom. The van der Waals surface area contributed by atoms with Crippen molar-refractivity contribution in [2.24, 2.45) is 0 Å². The van der Waals surface area contributed by atoms with Gasteiger partial charge in [0.15, 0.2) is 0 Å². The van der Waals surface area contributed by atoms with Gasteiger partial charge in [0.25, 0.3) is 0 Å². The molecule has 19 heavy (non-hydrogen) atoms. The second-order valence-electron chi connectivity index (χ2n) is 4.00. The molecule has 0 saturated carbocycles. The molecule has 0 amide bonds. The summed E-state index contributed by atoms with van der Waals surface area (Å²) in [5, 5.41) is 3.26. The van der Waals surface area contributed by atoms with E-state index in [1.54, 1.807) is 20.3 Å². The Balaban J connectivity index is 2.30. The minimum Gasteiger partial charge on any atom is -0.497 e. The summed E-state index contributed by atoms with van der Waals surface area (Å²) < 4.78 is 11.3. The summed E-state index contributed by atoms with van der Waals surface area (Å²) in [6, 6.07) is 11.2. The molecule has 0 aromatic heterocycles. The highest BCUT2D eigenvalue weighted by molar-refractivity contribution is 9.10. The van der Waals surface area contributed by atoms with Crippen molar-refractivity contribution in [3.63, 3.8) is 0 Å². The number of halogens is 1. The molecule has 3 N–H and O–H groups in total. The van der Waals surface area contributed by atoms with E-state index in [0.29, 0.717) is 11.4 Å². The van der Waals surface area contributed by atoms with Gasteiger partial charge >= 0.3 is 0 Å². The van der Waals surface area contributed by atoms with Gasteiger partial charge in [-0.25, -0.2) is 0 Å². The third-order valence-corrected chi connectivity index (χ3v) is 3.02. The monoisotopic (exact) mass is 322 g/mol. The minimum atomic E-state index is 0.642. The quantitative estimate of drug-likeness (QED) is 0.841. The maximum Gasteiger partial charge on any atom is 0.122 e. The van der Waals surface area contributed by atoms with E-state index in [1.807, 2.05) is 30.3 Å². The lowest BCUT2D eigenvalue weighted by Gasteiger charge is -2.11. The third kappa shape index (κ3) is 3.54. The molecule has 2 aromatic carbocycles. The van der Waals surface area contributed by atoms with Crippen molar-refractivity contribution in [3.8, 4) is 11.5 Å². The highest BCUT2D eigenvalue weighted by Gasteiger charge is 2.03. The van der Waals surface area contributed by atoms with Gasteiger partial charge in [-0.1, -0.05) is 15.9 Å². The van der Waals surface area contributed by atoms with Gasteiger partial charge in [0, 0.05) is 39.7 Å². The van der Waals surface area contributed by atoms with Gasteiger partial charge in [0.05, 0.1) is 14.2 Å². The molecule has 0 atom stereocenters. The second kappa shape index (κ2) is 5.84. The lowest BCUT2D eigenvalue weighted by Crippen LogP contribution is -1.95. The van der Waals surface area contributed by atoms with Crippen molar-refractivity contribution in [1.82, 2.24) is 0 Å². The van der Waals surface area contributed by atoms with E-state index in [1.165, 1.54) is 0 Å². The summed E-state index contributed by atoms with van der Waals surface area (Å²) in [4.78, 5) is 0. The molecule has 0 heterocycles. The maximum absolute atomic E-state index is 5.82. The first-order chi connectivity index (χ1) is 9.10. The molecule has 5 heteroatoms. The van der Waals surface area contributed by atoms with Crippen LogP contribution >= 0.6 is 15.9 Å². The van der Waals surface area contributed by atoms with Crippen LogP contribution in [0.1, 0.15) is 0 Å². The number of hydrogen-bond donors (Lipinski definition) is 2. The zero-order valence-electron chi connectivity index (χ0n) is 10.7. The molecular formula is C14H15BrN2O2. The average molecular weight is 323 g/mol. The maximum atomic E-state index is 5.82. The van der Waals surface area contributed by atoms with Crippen LogP contribution in [0, 0.1) is 0 Å². The van der Waals surface area contributed by atoms with Crippen molar-refractivity contribution in [3.05, 3.63) is 40.9 Å². The Kier molecular flexibility index (Phi) is 4.16. The molecule has 4 nitrogen and oxygen atoms in total. The number of nitrogens with one attached hydrogen (secondary N) is 1. The number of rotatable bonds is 4. The van der Waals surface area contributed by atoms with E-state index in [9.17, 15) is 0 Å². The standard InChI is InChI=1S/C14H15BrN2O2/c1-18-13-4-9(15)3-11(7-13)17-12-5-10(16)6-14(8-12)19-2/h3-8,17H,16H2,1-2H3. The first-order valence-corrected chi connectivity index (χ1v) is 6.46. The SMILES string of the molecule is COc1cc(N)cc(Nc2cc(Br)cc(OC)c2)c1. The number of nitrogens with two attached hydrogens (primary N) is 1. The normalized spacial score (nSPS) is 10.1. The topological polar surface area (TPSA) is 56.5 Å². The van der Waals surface area contributed by atoms with E-state index in [-0.39, 0.29) is 0 Å². The Morgan fingerprint density at radius 1 is 0.895 bits per heavy atom. The van der Waals surface area contributed by atoms with E-state index < -0.39 is 0 Å². The summed E-state index contributed by atoms with van der Waals surface area (Å²) in [5.74, 6) is 1.48. The third-order valence-electron chi connectivity index (χ3n) is 2.56. The molecule has 2 aromatic rings. The molecule has 0 radical (unpaired) electrons. The number of methoxy groups -OCH3 is 2. The first kappa shape index (κ1) is 13.5. The zero-order chi connectivity index (χ0) is 13.8. The van der Waals surface area contributed by atoms with Crippen LogP contribution in [0.2, 0.25) is 0 Å². The summed E-state index contributed by atoms with van der Waals surface area (Å²) in [6.07, 6.45) is 0. The average Bonchev–Trinajstić information content (AvgIpc) is 2.37. The van der Waals surface area contributed by atoms with Gasteiger partial charge < -0.3 is 20.5 Å². The highest BCUT2D eigenvalue weighted by Crippen LogP contribution is 2.29. The number of nitrogen functional groups attached to an aromatic ring is 1. The van der Waals surface area contributed by atoms with Crippen LogP contribution in [0.25, 0.3) is 0 Å². The molecule has 0 aliphatic rings. The van der Waals surface area contributed by atoms with E-state index in [4.69, 9.17) is 15.2 Å². The van der Waals surface area contributed by atoms with Gasteiger partial charge in [-0.15, -0.1) is 0 Å². The first-order valence-electron chi connectivity index (χ1n) is 5.67. The Labute approximate surface area is 120 Å². The summed E-state index contributed by atoms with van der Waals surface area (Å²) >= 11 is 3.44. The summed E-state index contributed by atoms with van der Waals surface area (Å²) in [7, 11) is 3.25. The number of anilines is 3. The molecule has 0 aliphatic carbocycles. The molecule has 0 unspecified atom stereocenters. The molecule has 0 spiro atoms. The molecule has 2 rings (SSSR count). The van der Waals surface area contributed by atoms with Gasteiger partial charge in [-0.3, -0.25) is 0 Å². The predicted molar refractivity (Wildman–Crippen MR) is 81.4 cm³/mol. The Morgan fingerprint density at radius 2 is 1.47 bits per heavy atom. The van der Waals surface area contributed by atoms with Crippen molar-refractivity contribution < 1.29 is 9.47 Å². The molecule has 0 fully saturated rings. The molecule has 0 saturated heterocycles. The number of ether oxygens (including phenoxy) is 2. The lowest BCUT2D eigenvalue weighted by atomic mass is 10.2. The second-order valence-corrected chi connectivity index (χ2v) is 4.92. The summed E-state index contributed by atoms with van der Waals surface area (Å²) in [5.41, 5.74) is 8.22. The number of hydrogen-bond acceptors (Lipinski definition) is 4. The van der Waals surface area contributed by atoms with E-state index >= 15 is 0 Å². The van der Waals surface area contributed by atoms with Crippen molar-refractivity contribution in [2.45, 2.75) is 0 Å². The van der Waals surface area contributed by atoms with Crippen LogP contribution in [0.15, 0.2) is 40.9 Å². The van der Waals surface area contributed by atoms with Crippen molar-refractivity contribution in [1.29, 1.82) is 0 Å². The summed E-state index contributed by atoms with van der Waals surface area (Å²) in [6.45, 7) is 0. The highest BCUT2D eigenvalue weighted by atomic mass is 79.9.